The molecule has 3 heterocycles. The number of carbonyl (C=O) groups is 5. The van der Waals surface area contributed by atoms with Crippen molar-refractivity contribution < 1.29 is 29.1 Å². The Hall–Kier alpha value is -4.71. The third-order valence-corrected chi connectivity index (χ3v) is 10.1. The van der Waals surface area contributed by atoms with Gasteiger partial charge in [-0.25, -0.2) is 0 Å². The number of para-hydroxylation sites is 1. The van der Waals surface area contributed by atoms with Crippen molar-refractivity contribution in [3.8, 4) is 0 Å². The maximum absolute atomic E-state index is 14.3. The first-order chi connectivity index (χ1) is 23.7. The molecule has 3 fully saturated rings. The lowest BCUT2D eigenvalue weighted by Gasteiger charge is -2.32. The number of nitrogens with zero attached hydrogens (tertiary/aromatic N) is 2. The summed E-state index contributed by atoms with van der Waals surface area (Å²) in [6, 6.07) is 13.1. The van der Waals surface area contributed by atoms with Crippen LogP contribution in [-0.4, -0.2) is 93.3 Å². The van der Waals surface area contributed by atoms with E-state index in [-0.39, 0.29) is 44.3 Å². The molecule has 1 aliphatic carbocycles. The van der Waals surface area contributed by atoms with Gasteiger partial charge in [0.1, 0.15) is 18.1 Å². The second-order valence-corrected chi connectivity index (χ2v) is 13.7. The lowest BCUT2D eigenvalue weighted by Crippen LogP contribution is -2.56. The molecule has 0 spiro atoms. The zero-order chi connectivity index (χ0) is 34.5. The molecule has 0 unspecified atom stereocenters. The molecule has 5 atom stereocenters. The number of amides is 5. The molecule has 5 N–H and O–H groups in total. The lowest BCUT2D eigenvalue weighted by molar-refractivity contribution is -0.143. The fourth-order valence-electron chi connectivity index (χ4n) is 7.47. The molecule has 260 valence electrons. The summed E-state index contributed by atoms with van der Waals surface area (Å²) in [5, 5.41) is 20.2. The van der Waals surface area contributed by atoms with E-state index >= 15 is 0 Å². The van der Waals surface area contributed by atoms with E-state index < -0.39 is 53.9 Å². The van der Waals surface area contributed by atoms with E-state index in [0.717, 1.165) is 60.6 Å². The minimum atomic E-state index is -1.09. The van der Waals surface area contributed by atoms with Gasteiger partial charge < -0.3 is 35.8 Å². The van der Waals surface area contributed by atoms with E-state index in [1.54, 1.807) is 13.1 Å². The Morgan fingerprint density at radius 1 is 0.857 bits per heavy atom. The number of hydrogen-bond acceptors (Lipinski definition) is 6. The molecular weight excluding hydrogens is 624 g/mol. The smallest absolute Gasteiger partial charge is 0.246 e. The average Bonchev–Trinajstić information content (AvgIpc) is 3.58. The van der Waals surface area contributed by atoms with Crippen LogP contribution in [0, 0.1) is 5.92 Å². The van der Waals surface area contributed by atoms with Gasteiger partial charge in [-0.2, -0.15) is 0 Å². The van der Waals surface area contributed by atoms with E-state index in [9.17, 15) is 29.1 Å². The van der Waals surface area contributed by atoms with Gasteiger partial charge in [-0.3, -0.25) is 24.0 Å². The molecule has 49 heavy (non-hydrogen) atoms. The molecule has 2 saturated heterocycles. The van der Waals surface area contributed by atoms with Gasteiger partial charge in [0.15, 0.2) is 0 Å². The van der Waals surface area contributed by atoms with Crippen molar-refractivity contribution >= 4 is 40.4 Å². The molecule has 1 aromatic heterocycles. The highest BCUT2D eigenvalue weighted by molar-refractivity contribution is 5.96. The Morgan fingerprint density at radius 3 is 2.33 bits per heavy atom. The minimum Gasteiger partial charge on any atom is -0.391 e. The zero-order valence-electron chi connectivity index (χ0n) is 27.9. The Balaban J connectivity index is 1.37. The molecule has 12 heteroatoms. The van der Waals surface area contributed by atoms with Crippen LogP contribution < -0.4 is 16.0 Å². The molecule has 0 bridgehead atoms. The van der Waals surface area contributed by atoms with E-state index in [1.807, 2.05) is 54.6 Å². The van der Waals surface area contributed by atoms with Crippen molar-refractivity contribution in [2.75, 3.05) is 19.6 Å². The van der Waals surface area contributed by atoms with Crippen LogP contribution >= 0.6 is 0 Å². The Kier molecular flexibility index (Phi) is 10.6. The highest BCUT2D eigenvalue weighted by Crippen LogP contribution is 2.27. The number of H-pyrrole nitrogens is 1. The van der Waals surface area contributed by atoms with Crippen LogP contribution in [0.4, 0.5) is 0 Å². The Labute approximate surface area is 286 Å². The Morgan fingerprint density at radius 2 is 1.57 bits per heavy atom. The SMILES string of the molecule is C[C@@H]1NC(=O)[C@@H]2C[C@@H](O)CN2C(=O)[C@@H](Cc2c[nH]c3ccccc23)NC(=O)CN(C(=O)C2CCCCCC2)C[C@@H](c2ccccc2)NC1=O. The van der Waals surface area contributed by atoms with Gasteiger partial charge in [0, 0.05) is 48.9 Å². The number of fused-ring (bicyclic) bond motifs is 2. The van der Waals surface area contributed by atoms with Crippen molar-refractivity contribution in [1.82, 2.24) is 30.7 Å². The predicted octanol–water partition coefficient (Wildman–Crippen LogP) is 2.33. The summed E-state index contributed by atoms with van der Waals surface area (Å²) in [6.45, 7) is 1.18. The van der Waals surface area contributed by atoms with E-state index in [0.29, 0.717) is 0 Å². The third-order valence-electron chi connectivity index (χ3n) is 10.1. The van der Waals surface area contributed by atoms with Gasteiger partial charge >= 0.3 is 0 Å². The first kappa shape index (κ1) is 34.2. The zero-order valence-corrected chi connectivity index (χ0v) is 27.9. The van der Waals surface area contributed by atoms with Crippen LogP contribution in [-0.2, 0) is 30.4 Å². The molecule has 2 aliphatic heterocycles. The minimum absolute atomic E-state index is 0.00400. The number of aliphatic hydroxyl groups is 1. The summed E-state index contributed by atoms with van der Waals surface area (Å²) < 4.78 is 0. The summed E-state index contributed by atoms with van der Waals surface area (Å²) in [6.07, 6.45) is 6.38. The maximum atomic E-state index is 14.3. The molecule has 5 amide bonds. The highest BCUT2D eigenvalue weighted by atomic mass is 16.3. The summed E-state index contributed by atoms with van der Waals surface area (Å²) in [5.41, 5.74) is 2.42. The lowest BCUT2D eigenvalue weighted by atomic mass is 9.97. The fourth-order valence-corrected chi connectivity index (χ4v) is 7.47. The second-order valence-electron chi connectivity index (χ2n) is 13.7. The second kappa shape index (κ2) is 15.2. The van der Waals surface area contributed by atoms with Crippen molar-refractivity contribution in [3.63, 3.8) is 0 Å². The summed E-state index contributed by atoms with van der Waals surface area (Å²) in [5.74, 6) is -2.50. The van der Waals surface area contributed by atoms with Gasteiger partial charge in [-0.1, -0.05) is 74.2 Å². The number of carbonyl (C=O) groups excluding carboxylic acids is 5. The van der Waals surface area contributed by atoms with Gasteiger partial charge in [0.25, 0.3) is 0 Å². The first-order valence-electron chi connectivity index (χ1n) is 17.4. The average molecular weight is 671 g/mol. The number of hydrogen-bond donors (Lipinski definition) is 5. The van der Waals surface area contributed by atoms with Crippen LogP contribution in [0.5, 0.6) is 0 Å². The van der Waals surface area contributed by atoms with Crippen molar-refractivity contribution in [2.24, 2.45) is 5.92 Å². The molecule has 3 aliphatic rings. The molecule has 0 radical (unpaired) electrons. The number of nitrogens with one attached hydrogen (secondary N) is 4. The number of benzene rings is 2. The topological polar surface area (TPSA) is 164 Å². The molecule has 12 nitrogen and oxygen atoms in total. The van der Waals surface area contributed by atoms with E-state index in [2.05, 4.69) is 20.9 Å². The van der Waals surface area contributed by atoms with Crippen molar-refractivity contribution in [3.05, 3.63) is 71.9 Å². The van der Waals surface area contributed by atoms with E-state index in [4.69, 9.17) is 0 Å². The van der Waals surface area contributed by atoms with Crippen LogP contribution in [0.15, 0.2) is 60.8 Å². The predicted molar refractivity (Wildman–Crippen MR) is 183 cm³/mol. The van der Waals surface area contributed by atoms with Crippen molar-refractivity contribution in [2.45, 2.75) is 88.6 Å². The monoisotopic (exact) mass is 670 g/mol. The van der Waals surface area contributed by atoms with E-state index in [1.165, 1.54) is 9.80 Å². The van der Waals surface area contributed by atoms with Crippen LogP contribution in [0.2, 0.25) is 0 Å². The molecule has 1 saturated carbocycles. The first-order valence-corrected chi connectivity index (χ1v) is 17.4. The quantitative estimate of drug-likeness (QED) is 0.268. The largest absolute Gasteiger partial charge is 0.391 e. The maximum Gasteiger partial charge on any atom is 0.246 e. The van der Waals surface area contributed by atoms with Crippen LogP contribution in [0.1, 0.15) is 69.0 Å². The van der Waals surface area contributed by atoms with Gasteiger partial charge in [0.2, 0.25) is 29.5 Å². The molecule has 6 rings (SSSR count). The van der Waals surface area contributed by atoms with Gasteiger partial charge in [-0.05, 0) is 37.0 Å². The molecular formula is C37H46N6O6. The molecule has 2 aromatic carbocycles. The summed E-state index contributed by atoms with van der Waals surface area (Å²) >= 11 is 0. The van der Waals surface area contributed by atoms with Crippen LogP contribution in [0.3, 0.4) is 0 Å². The normalized spacial score (nSPS) is 26.6. The summed E-state index contributed by atoms with van der Waals surface area (Å²) in [4.78, 5) is 75.7. The fraction of sp³-hybridized carbons (Fsp3) is 0.486. The van der Waals surface area contributed by atoms with Gasteiger partial charge in [-0.15, -0.1) is 0 Å². The number of aromatic amines is 1. The summed E-state index contributed by atoms with van der Waals surface area (Å²) in [7, 11) is 0. The number of rotatable bonds is 4. The third kappa shape index (κ3) is 7.96. The van der Waals surface area contributed by atoms with Crippen LogP contribution in [0.25, 0.3) is 10.9 Å². The number of aromatic nitrogens is 1. The highest BCUT2D eigenvalue weighted by Gasteiger charge is 2.43. The Bertz CT molecular complexity index is 1670. The molecule has 3 aromatic rings. The van der Waals surface area contributed by atoms with Crippen molar-refractivity contribution in [1.29, 1.82) is 0 Å². The van der Waals surface area contributed by atoms with Gasteiger partial charge in [0.05, 0.1) is 18.7 Å². The standard InChI is InChI=1S/C37H46N6O6/c1-23-34(46)41-31(24-11-7-4-8-12-24)21-42(36(48)25-13-5-2-3-6-14-25)22-33(45)40-30(17-26-19-38-29-16-10-9-15-28(26)29)37(49)43-20-27(44)18-32(43)35(47)39-23/h4,7-12,15-16,19,23,25,27,30-32,38,44H,2-3,5-6,13-14,17-18,20-22H2,1H3,(H,39,47)(H,40,45)(H,41,46)/t23-,27+,30+,31-,32-/m0/s1. The number of aliphatic hydroxyl groups excluding tert-OH is 1.